The van der Waals surface area contributed by atoms with Crippen LogP contribution in [-0.4, -0.2) is 32.7 Å². The van der Waals surface area contributed by atoms with Crippen molar-refractivity contribution in [3.8, 4) is 0 Å². The van der Waals surface area contributed by atoms with Crippen LogP contribution in [0.4, 0.5) is 0 Å². The van der Waals surface area contributed by atoms with Crippen molar-refractivity contribution in [1.82, 2.24) is 14.5 Å². The van der Waals surface area contributed by atoms with E-state index in [9.17, 15) is 4.79 Å². The number of methoxy groups -OCH3 is 1. The van der Waals surface area contributed by atoms with E-state index in [4.69, 9.17) is 9.84 Å². The van der Waals surface area contributed by atoms with Crippen LogP contribution >= 0.6 is 0 Å². The lowest BCUT2D eigenvalue weighted by Gasteiger charge is -2.04. The van der Waals surface area contributed by atoms with Crippen LogP contribution in [0.5, 0.6) is 0 Å². The van der Waals surface area contributed by atoms with Gasteiger partial charge in [-0.3, -0.25) is 9.36 Å². The number of ether oxygens (including phenoxy) is 1. The summed E-state index contributed by atoms with van der Waals surface area (Å²) in [5, 5.41) is 8.87. The number of fused-ring (bicyclic) bond motifs is 1. The summed E-state index contributed by atoms with van der Waals surface area (Å²) in [6.07, 6.45) is 1.69. The molecule has 2 aromatic rings. The summed E-state index contributed by atoms with van der Waals surface area (Å²) in [4.78, 5) is 19.4. The fraction of sp³-hybridized carbons (Fsp3) is 0.364. The monoisotopic (exact) mass is 235 g/mol. The van der Waals surface area contributed by atoms with Gasteiger partial charge in [0.2, 0.25) is 0 Å². The van der Waals surface area contributed by atoms with Crippen LogP contribution in [0.2, 0.25) is 0 Å². The third-order valence-electron chi connectivity index (χ3n) is 2.37. The Labute approximate surface area is 97.9 Å². The van der Waals surface area contributed by atoms with E-state index in [0.29, 0.717) is 17.0 Å². The van der Waals surface area contributed by atoms with Crippen LogP contribution < -0.4 is 0 Å². The fourth-order valence-electron chi connectivity index (χ4n) is 1.70. The Balaban J connectivity index is 2.57. The zero-order chi connectivity index (χ0) is 12.4. The topological polar surface area (TPSA) is 77.2 Å². The molecular weight excluding hydrogens is 222 g/mol. The molecule has 2 rings (SSSR count). The maximum Gasteiger partial charge on any atom is 0.323 e. The average Bonchev–Trinajstić information content (AvgIpc) is 2.56. The zero-order valence-corrected chi connectivity index (χ0v) is 9.67. The second-order valence-corrected chi connectivity index (χ2v) is 3.80. The quantitative estimate of drug-likeness (QED) is 0.854. The Morgan fingerprint density at radius 1 is 1.59 bits per heavy atom. The molecule has 17 heavy (non-hydrogen) atoms. The zero-order valence-electron chi connectivity index (χ0n) is 9.67. The minimum Gasteiger partial charge on any atom is -0.480 e. The summed E-state index contributed by atoms with van der Waals surface area (Å²) in [5.74, 6) is -0.355. The van der Waals surface area contributed by atoms with Gasteiger partial charge in [0, 0.05) is 13.3 Å². The van der Waals surface area contributed by atoms with Gasteiger partial charge < -0.3 is 9.84 Å². The summed E-state index contributed by atoms with van der Waals surface area (Å²) in [7, 11) is 1.54. The predicted octanol–water partition coefficient (Wildman–Crippen LogP) is 0.971. The Morgan fingerprint density at radius 2 is 2.35 bits per heavy atom. The van der Waals surface area contributed by atoms with Crippen LogP contribution in [0.15, 0.2) is 12.3 Å². The molecule has 0 spiro atoms. The van der Waals surface area contributed by atoms with E-state index < -0.39 is 5.97 Å². The van der Waals surface area contributed by atoms with E-state index in [1.807, 2.05) is 13.0 Å². The van der Waals surface area contributed by atoms with E-state index >= 15 is 0 Å². The van der Waals surface area contributed by atoms with E-state index in [2.05, 4.69) is 9.97 Å². The molecule has 2 heterocycles. The molecule has 90 valence electrons. The normalized spacial score (nSPS) is 10.9. The van der Waals surface area contributed by atoms with Crippen molar-refractivity contribution in [2.24, 2.45) is 0 Å². The summed E-state index contributed by atoms with van der Waals surface area (Å²) >= 11 is 0. The number of aliphatic carboxylic acids is 1. The minimum absolute atomic E-state index is 0.161. The number of hydrogen-bond donors (Lipinski definition) is 1. The first-order valence-electron chi connectivity index (χ1n) is 5.14. The van der Waals surface area contributed by atoms with Gasteiger partial charge in [-0.15, -0.1) is 0 Å². The van der Waals surface area contributed by atoms with Crippen LogP contribution in [-0.2, 0) is 22.7 Å². The molecule has 0 saturated carbocycles. The van der Waals surface area contributed by atoms with Gasteiger partial charge in [-0.2, -0.15) is 0 Å². The van der Waals surface area contributed by atoms with Gasteiger partial charge in [-0.05, 0) is 18.6 Å². The molecule has 0 aliphatic heterocycles. The van der Waals surface area contributed by atoms with Gasteiger partial charge in [0.25, 0.3) is 0 Å². The molecule has 0 unspecified atom stereocenters. The molecule has 6 heteroatoms. The van der Waals surface area contributed by atoms with Gasteiger partial charge in [-0.25, -0.2) is 9.97 Å². The third kappa shape index (κ3) is 2.26. The second kappa shape index (κ2) is 4.50. The van der Waals surface area contributed by atoms with Crippen LogP contribution in [0.3, 0.4) is 0 Å². The fourth-order valence-corrected chi connectivity index (χ4v) is 1.70. The van der Waals surface area contributed by atoms with E-state index in [-0.39, 0.29) is 13.2 Å². The molecule has 1 N–H and O–H groups in total. The Bertz CT molecular complexity index is 562. The first-order chi connectivity index (χ1) is 8.11. The number of pyridine rings is 1. The lowest BCUT2D eigenvalue weighted by Crippen LogP contribution is -2.12. The van der Waals surface area contributed by atoms with Crippen molar-refractivity contribution in [1.29, 1.82) is 0 Å². The number of carbonyl (C=O) groups is 1. The van der Waals surface area contributed by atoms with Crippen molar-refractivity contribution in [3.05, 3.63) is 23.7 Å². The Kier molecular flexibility index (Phi) is 3.06. The highest BCUT2D eigenvalue weighted by molar-refractivity contribution is 5.75. The smallest absolute Gasteiger partial charge is 0.323 e. The highest BCUT2D eigenvalue weighted by atomic mass is 16.5. The summed E-state index contributed by atoms with van der Waals surface area (Å²) in [6, 6.07) is 1.87. The van der Waals surface area contributed by atoms with Crippen LogP contribution in [0.1, 0.15) is 11.4 Å². The maximum absolute atomic E-state index is 10.8. The molecule has 0 aliphatic carbocycles. The number of imidazole rings is 1. The summed E-state index contributed by atoms with van der Waals surface area (Å²) < 4.78 is 6.56. The molecule has 0 aromatic carbocycles. The first kappa shape index (κ1) is 11.5. The van der Waals surface area contributed by atoms with Crippen molar-refractivity contribution in [2.45, 2.75) is 20.1 Å². The lowest BCUT2D eigenvalue weighted by atomic mass is 10.3. The molecule has 0 bridgehead atoms. The highest BCUT2D eigenvalue weighted by Gasteiger charge is 2.14. The highest BCUT2D eigenvalue weighted by Crippen LogP contribution is 2.15. The number of nitrogens with zero attached hydrogens (tertiary/aromatic N) is 3. The number of carboxylic acids is 1. The second-order valence-electron chi connectivity index (χ2n) is 3.80. The molecule has 6 nitrogen and oxygen atoms in total. The standard InChI is InChI=1S/C11H13N3O3/c1-7-3-8-11(12-4-7)14(5-10(15)16)9(13-8)6-17-2/h3-4H,5-6H2,1-2H3,(H,15,16). The first-order valence-corrected chi connectivity index (χ1v) is 5.14. The molecule has 0 aliphatic rings. The molecule has 0 amide bonds. The van der Waals surface area contributed by atoms with Gasteiger partial charge in [0.15, 0.2) is 5.65 Å². The number of aryl methyl sites for hydroxylation is 1. The third-order valence-corrected chi connectivity index (χ3v) is 2.37. The number of rotatable bonds is 4. The van der Waals surface area contributed by atoms with Gasteiger partial charge in [0.05, 0.1) is 0 Å². The van der Waals surface area contributed by atoms with Crippen LogP contribution in [0.25, 0.3) is 11.2 Å². The van der Waals surface area contributed by atoms with Gasteiger partial charge in [0.1, 0.15) is 24.5 Å². The Morgan fingerprint density at radius 3 is 3.00 bits per heavy atom. The molecule has 0 radical (unpaired) electrons. The van der Waals surface area contributed by atoms with E-state index in [1.54, 1.807) is 17.9 Å². The summed E-state index contributed by atoms with van der Waals surface area (Å²) in [6.45, 7) is 2.02. The minimum atomic E-state index is -0.927. The van der Waals surface area contributed by atoms with Gasteiger partial charge in [-0.1, -0.05) is 0 Å². The van der Waals surface area contributed by atoms with E-state index in [1.165, 1.54) is 0 Å². The summed E-state index contributed by atoms with van der Waals surface area (Å²) in [5.41, 5.74) is 2.25. The van der Waals surface area contributed by atoms with Crippen molar-refractivity contribution in [2.75, 3.05) is 7.11 Å². The molecule has 2 aromatic heterocycles. The number of carboxylic acid groups (broad SMARTS) is 1. The van der Waals surface area contributed by atoms with Crippen molar-refractivity contribution < 1.29 is 14.6 Å². The number of aromatic nitrogens is 3. The molecule has 0 saturated heterocycles. The molecular formula is C11H13N3O3. The van der Waals surface area contributed by atoms with E-state index in [0.717, 1.165) is 5.56 Å². The maximum atomic E-state index is 10.8. The predicted molar refractivity (Wildman–Crippen MR) is 60.6 cm³/mol. The Hall–Kier alpha value is -1.95. The van der Waals surface area contributed by atoms with Crippen molar-refractivity contribution >= 4 is 17.1 Å². The largest absolute Gasteiger partial charge is 0.480 e. The van der Waals surface area contributed by atoms with Gasteiger partial charge >= 0.3 is 5.97 Å². The molecule has 0 fully saturated rings. The SMILES string of the molecule is COCc1nc2cc(C)cnc2n1CC(=O)O. The van der Waals surface area contributed by atoms with Crippen molar-refractivity contribution in [3.63, 3.8) is 0 Å². The average molecular weight is 235 g/mol. The van der Waals surface area contributed by atoms with Crippen LogP contribution in [0, 0.1) is 6.92 Å². The molecule has 0 atom stereocenters. The number of hydrogen-bond acceptors (Lipinski definition) is 4. The lowest BCUT2D eigenvalue weighted by molar-refractivity contribution is -0.137.